The zero-order valence-electron chi connectivity index (χ0n) is 10.7. The van der Waals surface area contributed by atoms with Crippen molar-refractivity contribution in [3.05, 3.63) is 35.4 Å². The van der Waals surface area contributed by atoms with Crippen LogP contribution >= 0.6 is 0 Å². The number of aliphatic carboxylic acids is 1. The Morgan fingerprint density at radius 2 is 1.95 bits per heavy atom. The van der Waals surface area contributed by atoms with Gasteiger partial charge in [-0.3, -0.25) is 4.79 Å². The molecule has 0 saturated carbocycles. The zero-order valence-corrected chi connectivity index (χ0v) is 11.5. The number of nitrogens with zero attached hydrogens (tertiary/aromatic N) is 2. The van der Waals surface area contributed by atoms with Gasteiger partial charge in [0.25, 0.3) is 0 Å². The highest BCUT2D eigenvalue weighted by Crippen LogP contribution is 2.24. The van der Waals surface area contributed by atoms with Gasteiger partial charge in [0.2, 0.25) is 10.0 Å². The van der Waals surface area contributed by atoms with E-state index in [1.165, 1.54) is 4.31 Å². The number of carboxylic acids is 1. The molecule has 1 aromatic carbocycles. The second-order valence-electron chi connectivity index (χ2n) is 4.85. The summed E-state index contributed by atoms with van der Waals surface area (Å²) in [6, 6.07) is 8.36. The standard InChI is InChI=1S/C13H14N2O4S/c14-6-10-1-3-11(4-2-10)9-20(18,19)15-7-12(8-15)5-13(16)17/h1-4,12H,5,7-9H2,(H,16,17). The molecule has 1 aromatic rings. The number of hydrogen-bond donors (Lipinski definition) is 1. The smallest absolute Gasteiger partial charge is 0.303 e. The minimum Gasteiger partial charge on any atom is -0.481 e. The molecule has 1 heterocycles. The maximum Gasteiger partial charge on any atom is 0.303 e. The minimum atomic E-state index is -3.41. The second kappa shape index (κ2) is 5.61. The van der Waals surface area contributed by atoms with Gasteiger partial charge in [0.05, 0.1) is 23.8 Å². The zero-order chi connectivity index (χ0) is 14.8. The van der Waals surface area contributed by atoms with Crippen LogP contribution in [0.25, 0.3) is 0 Å². The Kier molecular flexibility index (Phi) is 4.06. The maximum atomic E-state index is 12.1. The maximum absolute atomic E-state index is 12.1. The van der Waals surface area contributed by atoms with Gasteiger partial charge < -0.3 is 5.11 Å². The molecule has 0 spiro atoms. The van der Waals surface area contributed by atoms with Crippen molar-refractivity contribution >= 4 is 16.0 Å². The van der Waals surface area contributed by atoms with E-state index in [4.69, 9.17) is 10.4 Å². The summed E-state index contributed by atoms with van der Waals surface area (Å²) in [6.07, 6.45) is 0.00286. The van der Waals surface area contributed by atoms with Crippen LogP contribution < -0.4 is 0 Å². The third-order valence-corrected chi connectivity index (χ3v) is 5.00. The number of sulfonamides is 1. The monoisotopic (exact) mass is 294 g/mol. The Morgan fingerprint density at radius 1 is 1.35 bits per heavy atom. The van der Waals surface area contributed by atoms with Gasteiger partial charge in [-0.05, 0) is 23.6 Å². The fourth-order valence-corrected chi connectivity index (χ4v) is 3.78. The number of carboxylic acid groups (broad SMARTS) is 1. The molecule has 20 heavy (non-hydrogen) atoms. The van der Waals surface area contributed by atoms with Gasteiger partial charge >= 0.3 is 5.97 Å². The molecule has 1 saturated heterocycles. The van der Waals surface area contributed by atoms with E-state index in [0.29, 0.717) is 11.1 Å². The number of nitriles is 1. The van der Waals surface area contributed by atoms with Crippen molar-refractivity contribution in [3.8, 4) is 6.07 Å². The molecule has 1 aliphatic rings. The van der Waals surface area contributed by atoms with E-state index >= 15 is 0 Å². The van der Waals surface area contributed by atoms with E-state index in [9.17, 15) is 13.2 Å². The van der Waals surface area contributed by atoms with Crippen molar-refractivity contribution in [1.82, 2.24) is 4.31 Å². The summed E-state index contributed by atoms with van der Waals surface area (Å²) in [6.45, 7) is 0.538. The third kappa shape index (κ3) is 3.35. The Morgan fingerprint density at radius 3 is 2.45 bits per heavy atom. The average Bonchev–Trinajstić information content (AvgIpc) is 2.33. The summed E-state index contributed by atoms with van der Waals surface area (Å²) in [7, 11) is -3.41. The van der Waals surface area contributed by atoms with Gasteiger partial charge in [-0.1, -0.05) is 12.1 Å². The first-order valence-electron chi connectivity index (χ1n) is 6.09. The Balaban J connectivity index is 1.95. The van der Waals surface area contributed by atoms with Crippen molar-refractivity contribution < 1.29 is 18.3 Å². The molecule has 0 aromatic heterocycles. The molecule has 2 rings (SSSR count). The molecule has 0 amide bonds. The van der Waals surface area contributed by atoms with E-state index in [0.717, 1.165) is 0 Å². The summed E-state index contributed by atoms with van der Waals surface area (Å²) < 4.78 is 25.5. The first kappa shape index (κ1) is 14.5. The topological polar surface area (TPSA) is 98.5 Å². The van der Waals surface area contributed by atoms with Crippen molar-refractivity contribution in [2.24, 2.45) is 5.92 Å². The van der Waals surface area contributed by atoms with E-state index < -0.39 is 16.0 Å². The van der Waals surface area contributed by atoms with Gasteiger partial charge in [-0.15, -0.1) is 0 Å². The largest absolute Gasteiger partial charge is 0.481 e. The van der Waals surface area contributed by atoms with Gasteiger partial charge in [-0.2, -0.15) is 5.26 Å². The van der Waals surface area contributed by atoms with E-state index in [-0.39, 0.29) is 31.2 Å². The molecular formula is C13H14N2O4S. The Hall–Kier alpha value is -1.91. The molecule has 6 nitrogen and oxygen atoms in total. The Bertz CT molecular complexity index is 640. The summed E-state index contributed by atoms with van der Waals surface area (Å²) in [5.74, 6) is -1.12. The summed E-state index contributed by atoms with van der Waals surface area (Å²) >= 11 is 0. The highest BCUT2D eigenvalue weighted by molar-refractivity contribution is 7.88. The quantitative estimate of drug-likeness (QED) is 0.865. The van der Waals surface area contributed by atoms with Crippen LogP contribution in [-0.2, 0) is 20.6 Å². The summed E-state index contributed by atoms with van der Waals surface area (Å²) in [5.41, 5.74) is 1.10. The lowest BCUT2D eigenvalue weighted by atomic mass is 10.00. The van der Waals surface area contributed by atoms with Gasteiger partial charge in [0, 0.05) is 13.1 Å². The molecule has 0 radical (unpaired) electrons. The predicted octanol–water partition coefficient (Wildman–Crippen LogP) is 0.795. The highest BCUT2D eigenvalue weighted by Gasteiger charge is 2.36. The van der Waals surface area contributed by atoms with E-state index in [1.54, 1.807) is 24.3 Å². The lowest BCUT2D eigenvalue weighted by Gasteiger charge is -2.37. The van der Waals surface area contributed by atoms with Crippen LogP contribution in [0, 0.1) is 17.2 Å². The summed E-state index contributed by atoms with van der Waals surface area (Å²) in [5, 5.41) is 17.3. The lowest BCUT2D eigenvalue weighted by Crippen LogP contribution is -2.50. The van der Waals surface area contributed by atoms with Gasteiger partial charge in [0.15, 0.2) is 0 Å². The van der Waals surface area contributed by atoms with Crippen LogP contribution in [0.5, 0.6) is 0 Å². The highest BCUT2D eigenvalue weighted by atomic mass is 32.2. The fraction of sp³-hybridized carbons (Fsp3) is 0.385. The first-order valence-corrected chi connectivity index (χ1v) is 7.70. The van der Waals surface area contributed by atoms with Crippen LogP contribution in [0.3, 0.4) is 0 Å². The molecule has 0 bridgehead atoms. The van der Waals surface area contributed by atoms with Gasteiger partial charge in [-0.25, -0.2) is 12.7 Å². The fourth-order valence-electron chi connectivity index (χ4n) is 2.10. The third-order valence-electron chi connectivity index (χ3n) is 3.21. The van der Waals surface area contributed by atoms with Crippen LogP contribution in [0.15, 0.2) is 24.3 Å². The van der Waals surface area contributed by atoms with E-state index in [1.807, 2.05) is 6.07 Å². The van der Waals surface area contributed by atoms with Gasteiger partial charge in [0.1, 0.15) is 0 Å². The number of benzene rings is 1. The molecule has 1 fully saturated rings. The molecule has 0 atom stereocenters. The SMILES string of the molecule is N#Cc1ccc(CS(=O)(=O)N2CC(CC(=O)O)C2)cc1. The molecule has 106 valence electrons. The van der Waals surface area contributed by atoms with Crippen LogP contribution in [0.2, 0.25) is 0 Å². The molecule has 7 heteroatoms. The normalized spacial score (nSPS) is 16.4. The average molecular weight is 294 g/mol. The van der Waals surface area contributed by atoms with Crippen LogP contribution in [0.1, 0.15) is 17.5 Å². The predicted molar refractivity (Wildman–Crippen MR) is 71.1 cm³/mol. The molecule has 0 aliphatic carbocycles. The number of rotatable bonds is 5. The second-order valence-corrected chi connectivity index (χ2v) is 6.81. The molecule has 0 unspecified atom stereocenters. The van der Waals surface area contributed by atoms with Crippen LogP contribution in [0.4, 0.5) is 0 Å². The minimum absolute atomic E-state index is 0.00286. The van der Waals surface area contributed by atoms with Crippen LogP contribution in [-0.4, -0.2) is 36.9 Å². The van der Waals surface area contributed by atoms with E-state index in [2.05, 4.69) is 0 Å². The van der Waals surface area contributed by atoms with Crippen molar-refractivity contribution in [2.45, 2.75) is 12.2 Å². The number of hydrogen-bond acceptors (Lipinski definition) is 4. The first-order chi connectivity index (χ1) is 9.40. The van der Waals surface area contributed by atoms with Crippen molar-refractivity contribution in [1.29, 1.82) is 5.26 Å². The van der Waals surface area contributed by atoms with Crippen molar-refractivity contribution in [3.63, 3.8) is 0 Å². The lowest BCUT2D eigenvalue weighted by molar-refractivity contribution is -0.139. The summed E-state index contributed by atoms with van der Waals surface area (Å²) in [4.78, 5) is 10.5. The molecule has 1 aliphatic heterocycles. The molecular weight excluding hydrogens is 280 g/mol. The number of carbonyl (C=O) groups is 1. The molecule has 1 N–H and O–H groups in total. The van der Waals surface area contributed by atoms with Crippen molar-refractivity contribution in [2.75, 3.05) is 13.1 Å². The Labute approximate surface area is 117 Å².